The second-order valence-corrected chi connectivity index (χ2v) is 10.5. The van der Waals surface area contributed by atoms with Gasteiger partial charge in [0.15, 0.2) is 6.10 Å². The van der Waals surface area contributed by atoms with E-state index in [9.17, 15) is 4.79 Å². The van der Waals surface area contributed by atoms with Gasteiger partial charge >= 0.3 is 5.97 Å². The SMILES string of the molecule is NC(=NCCCCCCN=C(N)/N=C(\N)Nc1ccc(Cl)cc1)/N=C(\N)Nc1ccc(Cl)cc1.O=C(O)[C@H](O)[C@H](O)[C@@H](O)[C@@H](O)CO. The van der Waals surface area contributed by atoms with Crippen LogP contribution in [0.1, 0.15) is 25.7 Å². The molecule has 260 valence electrons. The molecular formula is C28H42Cl2N10O7. The molecule has 0 saturated heterocycles. The minimum absolute atomic E-state index is 0.124. The van der Waals surface area contributed by atoms with Crippen LogP contribution in [0.15, 0.2) is 68.5 Å². The van der Waals surface area contributed by atoms with Gasteiger partial charge in [0, 0.05) is 34.5 Å². The van der Waals surface area contributed by atoms with Crippen LogP contribution in [-0.4, -0.2) is 105 Å². The van der Waals surface area contributed by atoms with Crippen LogP contribution in [0.2, 0.25) is 10.0 Å². The summed E-state index contributed by atoms with van der Waals surface area (Å²) in [5.41, 5.74) is 24.8. The number of hydrogen-bond donors (Lipinski definition) is 12. The summed E-state index contributed by atoms with van der Waals surface area (Å²) in [5, 5.41) is 58.9. The molecule has 0 spiro atoms. The first-order chi connectivity index (χ1) is 22.2. The van der Waals surface area contributed by atoms with Crippen LogP contribution in [-0.2, 0) is 4.79 Å². The van der Waals surface area contributed by atoms with E-state index >= 15 is 0 Å². The zero-order valence-corrected chi connectivity index (χ0v) is 26.8. The van der Waals surface area contributed by atoms with Crippen LogP contribution in [0.25, 0.3) is 0 Å². The van der Waals surface area contributed by atoms with Crippen molar-refractivity contribution in [3.05, 3.63) is 58.6 Å². The van der Waals surface area contributed by atoms with Crippen LogP contribution in [0.3, 0.4) is 0 Å². The van der Waals surface area contributed by atoms with Crippen LogP contribution in [0.5, 0.6) is 0 Å². The van der Waals surface area contributed by atoms with Crippen LogP contribution >= 0.6 is 23.2 Å². The number of hydrogen-bond acceptors (Lipinski definition) is 8. The highest BCUT2D eigenvalue weighted by Crippen LogP contribution is 2.14. The molecule has 2 aromatic carbocycles. The van der Waals surface area contributed by atoms with Gasteiger partial charge in [0.2, 0.25) is 23.8 Å². The fourth-order valence-corrected chi connectivity index (χ4v) is 3.62. The smallest absolute Gasteiger partial charge is 0.335 e. The molecule has 0 aliphatic carbocycles. The molecule has 2 aromatic rings. The van der Waals surface area contributed by atoms with Gasteiger partial charge in [-0.05, 0) is 61.4 Å². The minimum atomic E-state index is -2.20. The second kappa shape index (κ2) is 22.3. The van der Waals surface area contributed by atoms with Crippen molar-refractivity contribution in [1.82, 2.24) is 0 Å². The molecule has 0 aliphatic rings. The lowest BCUT2D eigenvalue weighted by molar-refractivity contribution is -0.164. The van der Waals surface area contributed by atoms with E-state index in [-0.39, 0.29) is 23.8 Å². The van der Waals surface area contributed by atoms with Gasteiger partial charge in [-0.3, -0.25) is 9.98 Å². The van der Waals surface area contributed by atoms with E-state index < -0.39 is 37.0 Å². The van der Waals surface area contributed by atoms with Crippen LogP contribution < -0.4 is 33.6 Å². The van der Waals surface area contributed by atoms with Crippen molar-refractivity contribution in [2.75, 3.05) is 30.3 Å². The Bertz CT molecular complexity index is 1260. The molecule has 0 fully saturated rings. The third-order valence-electron chi connectivity index (χ3n) is 5.82. The Kier molecular flexibility index (Phi) is 19.4. The highest BCUT2D eigenvalue weighted by atomic mass is 35.5. The zero-order valence-electron chi connectivity index (χ0n) is 25.3. The quantitative estimate of drug-likeness (QED) is 0.0693. The molecule has 0 radical (unpaired) electrons. The molecule has 47 heavy (non-hydrogen) atoms. The van der Waals surface area contributed by atoms with Gasteiger partial charge in [-0.1, -0.05) is 36.0 Å². The molecule has 0 bridgehead atoms. The molecular weight excluding hydrogens is 659 g/mol. The third-order valence-corrected chi connectivity index (χ3v) is 6.33. The number of carboxylic acid groups (broad SMARTS) is 1. The number of nitrogens with two attached hydrogens (primary N) is 4. The van der Waals surface area contributed by atoms with Gasteiger partial charge < -0.3 is 64.2 Å². The molecule has 0 saturated carbocycles. The normalized spacial score (nSPS) is 15.1. The summed E-state index contributed by atoms with van der Waals surface area (Å²) in [6.45, 7) is 0.281. The Morgan fingerprint density at radius 1 is 0.681 bits per heavy atom. The van der Waals surface area contributed by atoms with Crippen molar-refractivity contribution in [1.29, 1.82) is 0 Å². The van der Waals surface area contributed by atoms with Gasteiger partial charge in [0.1, 0.15) is 18.3 Å². The number of anilines is 2. The fourth-order valence-electron chi connectivity index (χ4n) is 3.37. The predicted octanol–water partition coefficient (Wildman–Crippen LogP) is -0.156. The van der Waals surface area contributed by atoms with Crippen LogP contribution in [0, 0.1) is 0 Å². The van der Waals surface area contributed by atoms with Gasteiger partial charge in [0.05, 0.1) is 6.61 Å². The number of unbranched alkanes of at least 4 members (excludes halogenated alkanes) is 3. The summed E-state index contributed by atoms with van der Waals surface area (Å²) in [7, 11) is 0. The molecule has 0 heterocycles. The molecule has 0 aromatic heterocycles. The highest BCUT2D eigenvalue weighted by Gasteiger charge is 2.33. The van der Waals surface area contributed by atoms with Gasteiger partial charge in [0.25, 0.3) is 0 Å². The third kappa shape index (κ3) is 17.9. The summed E-state index contributed by atoms with van der Waals surface area (Å²) in [6, 6.07) is 14.1. The Balaban J connectivity index is 0.000000716. The number of carbonyl (C=O) groups is 1. The first-order valence-corrected chi connectivity index (χ1v) is 14.9. The minimum Gasteiger partial charge on any atom is -0.479 e. The van der Waals surface area contributed by atoms with Crippen molar-refractivity contribution in [2.45, 2.75) is 50.1 Å². The number of guanidine groups is 4. The molecule has 0 aliphatic heterocycles. The number of aliphatic hydroxyl groups is 5. The van der Waals surface area contributed by atoms with Gasteiger partial charge in [-0.2, -0.15) is 9.98 Å². The highest BCUT2D eigenvalue weighted by molar-refractivity contribution is 6.31. The number of nitrogens with one attached hydrogen (secondary N) is 2. The number of carboxylic acids is 1. The standard InChI is InChI=1S/C22H30Cl2N10.C6H12O7/c23-15-5-9-17(10-6-15)31-21(27)33-19(25)29-13-3-1-2-4-14-30-20(26)34-22(28)32-18-11-7-16(24)8-12-18;7-1-2(8)3(9)4(10)5(11)6(12)13/h5-12H,1-4,13-14H2,(H5,25,27,29,31,33)(H5,26,28,30,32,34);2-5,7-11H,1H2,(H,12,13)/t;2-,3-,4+,5+/m.0/s1. The fraction of sp³-hybridized carbons (Fsp3) is 0.393. The van der Waals surface area contributed by atoms with E-state index in [4.69, 9.17) is 76.8 Å². The number of aliphatic carboxylic acids is 1. The Labute approximate surface area is 281 Å². The van der Waals surface area contributed by atoms with E-state index in [1.54, 1.807) is 48.5 Å². The van der Waals surface area contributed by atoms with Crippen molar-refractivity contribution in [3.63, 3.8) is 0 Å². The molecule has 19 heteroatoms. The molecule has 17 nitrogen and oxygen atoms in total. The monoisotopic (exact) mass is 700 g/mol. The Morgan fingerprint density at radius 2 is 1.06 bits per heavy atom. The number of aliphatic imine (C=N–C) groups is 4. The largest absolute Gasteiger partial charge is 0.479 e. The predicted molar refractivity (Wildman–Crippen MR) is 184 cm³/mol. The maximum absolute atomic E-state index is 10.1. The number of aliphatic hydroxyl groups excluding tert-OH is 5. The Hall–Kier alpha value is -4.23. The summed E-state index contributed by atoms with van der Waals surface area (Å²) in [5.74, 6) is -1.16. The average Bonchev–Trinajstić information content (AvgIpc) is 3.03. The molecule has 0 amide bonds. The molecule has 0 unspecified atom stereocenters. The lowest BCUT2D eigenvalue weighted by Gasteiger charge is -2.23. The number of halogens is 2. The van der Waals surface area contributed by atoms with Crippen molar-refractivity contribution in [3.8, 4) is 0 Å². The maximum atomic E-state index is 10.1. The summed E-state index contributed by atoms with van der Waals surface area (Å²) in [4.78, 5) is 26.6. The van der Waals surface area contributed by atoms with Crippen LogP contribution in [0.4, 0.5) is 11.4 Å². The summed E-state index contributed by atoms with van der Waals surface area (Å²) in [6.07, 6.45) is -4.15. The number of nitrogens with zero attached hydrogens (tertiary/aromatic N) is 4. The Morgan fingerprint density at radius 3 is 1.40 bits per heavy atom. The molecule has 4 atom stereocenters. The van der Waals surface area contributed by atoms with Gasteiger partial charge in [-0.25, -0.2) is 4.79 Å². The van der Waals surface area contributed by atoms with Crippen molar-refractivity contribution >= 4 is 64.4 Å². The zero-order chi connectivity index (χ0) is 35.4. The van der Waals surface area contributed by atoms with E-state index in [1.807, 2.05) is 0 Å². The van der Waals surface area contributed by atoms with E-state index in [1.165, 1.54) is 0 Å². The first-order valence-electron chi connectivity index (χ1n) is 14.1. The van der Waals surface area contributed by atoms with E-state index in [2.05, 4.69) is 30.6 Å². The lowest BCUT2D eigenvalue weighted by atomic mass is 10.0. The molecule has 16 N–H and O–H groups in total. The van der Waals surface area contributed by atoms with Gasteiger partial charge in [-0.15, -0.1) is 0 Å². The summed E-state index contributed by atoms with van der Waals surface area (Å²) >= 11 is 11.7. The van der Waals surface area contributed by atoms with E-state index in [0.717, 1.165) is 37.1 Å². The number of benzene rings is 2. The average molecular weight is 702 g/mol. The van der Waals surface area contributed by atoms with Crippen molar-refractivity contribution < 1.29 is 35.4 Å². The molecule has 2 rings (SSSR count). The number of rotatable bonds is 14. The first kappa shape index (κ1) is 40.8. The van der Waals surface area contributed by atoms with Crippen molar-refractivity contribution in [2.24, 2.45) is 42.9 Å². The topological polar surface area (TPSA) is 316 Å². The lowest BCUT2D eigenvalue weighted by Crippen LogP contribution is -2.48. The second-order valence-electron chi connectivity index (χ2n) is 9.67. The van der Waals surface area contributed by atoms with E-state index in [0.29, 0.717) is 23.1 Å². The summed E-state index contributed by atoms with van der Waals surface area (Å²) < 4.78 is 0. The maximum Gasteiger partial charge on any atom is 0.335 e.